The lowest BCUT2D eigenvalue weighted by Gasteiger charge is -2.47. The van der Waals surface area contributed by atoms with Gasteiger partial charge in [-0.1, -0.05) is 96.5 Å². The van der Waals surface area contributed by atoms with Crippen LogP contribution in [0.2, 0.25) is 5.02 Å². The van der Waals surface area contributed by atoms with Crippen molar-refractivity contribution in [3.63, 3.8) is 0 Å². The van der Waals surface area contributed by atoms with E-state index in [1.165, 1.54) is 27.8 Å². The highest BCUT2D eigenvalue weighted by atomic mass is 35.5. The van der Waals surface area contributed by atoms with E-state index < -0.39 is 11.5 Å². The van der Waals surface area contributed by atoms with Gasteiger partial charge in [0, 0.05) is 16.1 Å². The fourth-order valence-corrected chi connectivity index (χ4v) is 7.14. The van der Waals surface area contributed by atoms with Gasteiger partial charge in [-0.15, -0.1) is 0 Å². The van der Waals surface area contributed by atoms with Gasteiger partial charge < -0.3 is 10.4 Å². The summed E-state index contributed by atoms with van der Waals surface area (Å²) in [5, 5.41) is 14.4. The Bertz CT molecular complexity index is 1460. The van der Waals surface area contributed by atoms with Gasteiger partial charge in [0.05, 0.1) is 0 Å². The van der Waals surface area contributed by atoms with Gasteiger partial charge >= 0.3 is 5.97 Å². The molecule has 0 unspecified atom stereocenters. The van der Waals surface area contributed by atoms with Crippen LogP contribution >= 0.6 is 11.6 Å². The summed E-state index contributed by atoms with van der Waals surface area (Å²) in [5.41, 5.74) is 6.47. The molecule has 2 N–H and O–H groups in total. The van der Waals surface area contributed by atoms with E-state index in [1.807, 2.05) is 24.3 Å². The molecule has 0 bridgehead atoms. The number of fused-ring (bicyclic) bond motifs is 2. The van der Waals surface area contributed by atoms with Gasteiger partial charge in [0.25, 0.3) is 0 Å². The average molecular weight is 522 g/mol. The minimum atomic E-state index is -1.01. The molecule has 2 aliphatic rings. The minimum absolute atomic E-state index is 0.0725. The normalized spacial score (nSPS) is 24.2. The van der Waals surface area contributed by atoms with Crippen LogP contribution in [0, 0.1) is 0 Å². The van der Waals surface area contributed by atoms with Crippen molar-refractivity contribution in [2.24, 2.45) is 0 Å². The zero-order chi connectivity index (χ0) is 26.2. The highest BCUT2D eigenvalue weighted by Gasteiger charge is 2.54. The molecule has 0 aliphatic heterocycles. The lowest BCUT2D eigenvalue weighted by molar-refractivity contribution is -0.144. The molecule has 0 heterocycles. The molecule has 6 rings (SSSR count). The van der Waals surface area contributed by atoms with E-state index in [0.29, 0.717) is 23.8 Å². The minimum Gasteiger partial charge on any atom is -0.480 e. The Morgan fingerprint density at radius 3 is 2.29 bits per heavy atom. The Balaban J connectivity index is 1.33. The monoisotopic (exact) mass is 521 g/mol. The third-order valence-corrected chi connectivity index (χ3v) is 9.10. The average Bonchev–Trinajstić information content (AvgIpc) is 3.25. The second-order valence-corrected chi connectivity index (χ2v) is 11.4. The first-order chi connectivity index (χ1) is 18.5. The predicted molar refractivity (Wildman–Crippen MR) is 154 cm³/mol. The number of hydrogen-bond acceptors (Lipinski definition) is 2. The number of rotatable bonds is 6. The van der Waals surface area contributed by atoms with Crippen molar-refractivity contribution >= 4 is 23.3 Å². The number of carbonyl (C=O) groups is 1. The molecule has 1 atom stereocenters. The first-order valence-corrected chi connectivity index (χ1v) is 13.8. The van der Waals surface area contributed by atoms with Crippen molar-refractivity contribution < 1.29 is 9.90 Å². The third-order valence-electron chi connectivity index (χ3n) is 8.86. The number of nitrogens with one attached hydrogen (secondary N) is 1. The van der Waals surface area contributed by atoms with Crippen molar-refractivity contribution in [3.05, 3.63) is 136 Å². The van der Waals surface area contributed by atoms with Gasteiger partial charge in [0.15, 0.2) is 0 Å². The van der Waals surface area contributed by atoms with Crippen LogP contribution in [0.25, 0.3) is 0 Å². The molecule has 0 saturated heterocycles. The SMILES string of the molecule is O=C(O)C1(Nc2cccc(Cl)c2)CCC2(CC1)c1ccccc1C[C@H]2c1cccc(Cc2ccccc2)c1. The van der Waals surface area contributed by atoms with E-state index >= 15 is 0 Å². The van der Waals surface area contributed by atoms with Crippen LogP contribution in [0.4, 0.5) is 5.69 Å². The van der Waals surface area contributed by atoms with Crippen molar-refractivity contribution in [3.8, 4) is 0 Å². The molecule has 38 heavy (non-hydrogen) atoms. The van der Waals surface area contributed by atoms with Crippen LogP contribution in [0.3, 0.4) is 0 Å². The van der Waals surface area contributed by atoms with Crippen molar-refractivity contribution in [1.82, 2.24) is 0 Å². The zero-order valence-corrected chi connectivity index (χ0v) is 22.1. The summed E-state index contributed by atoms with van der Waals surface area (Å²) in [4.78, 5) is 12.7. The summed E-state index contributed by atoms with van der Waals surface area (Å²) in [7, 11) is 0. The Hall–Kier alpha value is -3.56. The first kappa shape index (κ1) is 24.8. The molecule has 0 amide bonds. The van der Waals surface area contributed by atoms with Gasteiger partial charge in [-0.25, -0.2) is 4.79 Å². The highest BCUT2D eigenvalue weighted by Crippen LogP contribution is 2.58. The molecule has 3 nitrogen and oxygen atoms in total. The van der Waals surface area contributed by atoms with E-state index in [9.17, 15) is 9.90 Å². The molecule has 192 valence electrons. The Kier molecular flexibility index (Phi) is 6.49. The standard InChI is InChI=1S/C34H32ClNO2/c35-28-13-7-14-29(23-28)36-34(32(37)38)18-16-33(17-19-34)30-15-5-4-11-27(30)22-31(33)26-12-6-10-25(21-26)20-24-8-2-1-3-9-24/h1-15,21,23,31,36H,16-20,22H2,(H,37,38)/t31-,33?,34?/m0/s1. The number of halogens is 1. The lowest BCUT2D eigenvalue weighted by Crippen LogP contribution is -2.52. The van der Waals surface area contributed by atoms with Gasteiger partial charge in [0.2, 0.25) is 0 Å². The van der Waals surface area contributed by atoms with Crippen molar-refractivity contribution in [2.45, 2.75) is 55.4 Å². The van der Waals surface area contributed by atoms with Gasteiger partial charge in [-0.3, -0.25) is 0 Å². The maximum Gasteiger partial charge on any atom is 0.329 e. The number of carboxylic acid groups (broad SMARTS) is 1. The fraction of sp³-hybridized carbons (Fsp3) is 0.265. The molecule has 4 aromatic carbocycles. The summed E-state index contributed by atoms with van der Waals surface area (Å²) in [6.07, 6.45) is 4.65. The summed E-state index contributed by atoms with van der Waals surface area (Å²) < 4.78 is 0. The summed E-state index contributed by atoms with van der Waals surface area (Å²) in [6.45, 7) is 0. The smallest absolute Gasteiger partial charge is 0.329 e. The second kappa shape index (κ2) is 9.96. The molecule has 2 aliphatic carbocycles. The summed E-state index contributed by atoms with van der Waals surface area (Å²) in [5.74, 6) is -0.464. The number of aliphatic carboxylic acids is 1. The van der Waals surface area contributed by atoms with Crippen LogP contribution in [0.5, 0.6) is 0 Å². The van der Waals surface area contributed by atoms with E-state index in [2.05, 4.69) is 84.2 Å². The molecular formula is C34H32ClNO2. The summed E-state index contributed by atoms with van der Waals surface area (Å²) in [6, 6.07) is 35.8. The number of hydrogen-bond donors (Lipinski definition) is 2. The lowest BCUT2D eigenvalue weighted by atomic mass is 9.59. The van der Waals surface area contributed by atoms with Crippen molar-refractivity contribution in [2.75, 3.05) is 5.32 Å². The second-order valence-electron chi connectivity index (χ2n) is 11.0. The quantitative estimate of drug-likeness (QED) is 0.270. The van der Waals surface area contributed by atoms with E-state index in [4.69, 9.17) is 11.6 Å². The topological polar surface area (TPSA) is 49.3 Å². The largest absolute Gasteiger partial charge is 0.480 e. The third kappa shape index (κ3) is 4.50. The van der Waals surface area contributed by atoms with Crippen LogP contribution in [0.1, 0.15) is 59.4 Å². The maximum absolute atomic E-state index is 12.7. The Morgan fingerprint density at radius 1 is 0.816 bits per heavy atom. The molecule has 1 fully saturated rings. The molecule has 1 saturated carbocycles. The van der Waals surface area contributed by atoms with Crippen LogP contribution in [-0.2, 0) is 23.1 Å². The molecule has 1 spiro atoms. The number of carboxylic acids is 1. The molecule has 0 radical (unpaired) electrons. The van der Waals surface area contributed by atoms with E-state index in [1.54, 1.807) is 0 Å². The first-order valence-electron chi connectivity index (χ1n) is 13.5. The fourth-order valence-electron chi connectivity index (χ4n) is 6.95. The van der Waals surface area contributed by atoms with Gasteiger partial charge in [0.1, 0.15) is 5.54 Å². The van der Waals surface area contributed by atoms with E-state index in [-0.39, 0.29) is 5.41 Å². The molecular weight excluding hydrogens is 490 g/mol. The van der Waals surface area contributed by atoms with Gasteiger partial charge in [-0.2, -0.15) is 0 Å². The number of anilines is 1. The Labute approximate surface area is 229 Å². The van der Waals surface area contributed by atoms with E-state index in [0.717, 1.165) is 31.4 Å². The zero-order valence-electron chi connectivity index (χ0n) is 21.4. The van der Waals surface area contributed by atoms with Gasteiger partial charge in [-0.05, 0) is 90.5 Å². The summed E-state index contributed by atoms with van der Waals surface area (Å²) >= 11 is 6.21. The van der Waals surface area contributed by atoms with Crippen molar-refractivity contribution in [1.29, 1.82) is 0 Å². The number of benzene rings is 4. The highest BCUT2D eigenvalue weighted by molar-refractivity contribution is 6.30. The predicted octanol–water partition coefficient (Wildman–Crippen LogP) is 8.02. The van der Waals surface area contributed by atoms with Crippen LogP contribution in [0.15, 0.2) is 103 Å². The Morgan fingerprint density at radius 2 is 1.53 bits per heavy atom. The molecule has 4 heteroatoms. The molecule has 4 aromatic rings. The van der Waals surface area contributed by atoms with Crippen LogP contribution in [-0.4, -0.2) is 16.6 Å². The van der Waals surface area contributed by atoms with Crippen LogP contribution < -0.4 is 5.32 Å². The molecule has 0 aromatic heterocycles. The maximum atomic E-state index is 12.7.